The summed E-state index contributed by atoms with van der Waals surface area (Å²) in [5, 5.41) is 0. The lowest BCUT2D eigenvalue weighted by Crippen LogP contribution is -2.35. The van der Waals surface area contributed by atoms with Crippen LogP contribution in [-0.4, -0.2) is 34.7 Å². The number of carbonyl (C=O) groups excluding carboxylic acids is 2. The fraction of sp³-hybridized carbons (Fsp3) is 0.222. The van der Waals surface area contributed by atoms with Crippen molar-refractivity contribution in [3.63, 3.8) is 0 Å². The van der Waals surface area contributed by atoms with Crippen LogP contribution in [0.25, 0.3) is 0 Å². The molecule has 2 aliphatic heterocycles. The fourth-order valence-electron chi connectivity index (χ4n) is 3.23. The lowest BCUT2D eigenvalue weighted by Gasteiger charge is -2.21. The summed E-state index contributed by atoms with van der Waals surface area (Å²) < 4.78 is 0. The van der Waals surface area contributed by atoms with Gasteiger partial charge in [-0.25, -0.2) is 0 Å². The summed E-state index contributed by atoms with van der Waals surface area (Å²) in [6, 6.07) is 15.4. The Kier molecular flexibility index (Phi) is 2.96. The largest absolute Gasteiger partial charge is 0.333 e. The molecule has 0 aromatic heterocycles. The third-order valence-corrected chi connectivity index (χ3v) is 4.43. The molecule has 0 atom stereocenters. The van der Waals surface area contributed by atoms with Gasteiger partial charge >= 0.3 is 0 Å². The van der Waals surface area contributed by atoms with Crippen LogP contribution in [0.3, 0.4) is 0 Å². The van der Waals surface area contributed by atoms with Crippen LogP contribution in [0.4, 0.5) is 0 Å². The topological polar surface area (TPSA) is 40.6 Å². The van der Waals surface area contributed by atoms with Crippen molar-refractivity contribution in [1.82, 2.24) is 9.80 Å². The quantitative estimate of drug-likeness (QED) is 0.871. The van der Waals surface area contributed by atoms with E-state index in [-0.39, 0.29) is 11.8 Å². The Hall–Kier alpha value is -2.62. The molecule has 0 aliphatic carbocycles. The minimum Gasteiger partial charge on any atom is -0.333 e. The molecule has 0 radical (unpaired) electrons. The zero-order valence-electron chi connectivity index (χ0n) is 12.2. The number of rotatable bonds is 3. The third-order valence-electron chi connectivity index (χ3n) is 4.43. The Morgan fingerprint density at radius 2 is 1.09 bits per heavy atom. The predicted molar refractivity (Wildman–Crippen MR) is 82.4 cm³/mol. The Morgan fingerprint density at radius 1 is 0.682 bits per heavy atom. The van der Waals surface area contributed by atoms with Crippen LogP contribution in [0.5, 0.6) is 0 Å². The molecule has 0 bridgehead atoms. The third kappa shape index (κ3) is 1.99. The number of hydrogen-bond donors (Lipinski definition) is 0. The van der Waals surface area contributed by atoms with Crippen LogP contribution in [0, 0.1) is 0 Å². The average Bonchev–Trinajstić information content (AvgIpc) is 3.04. The molecule has 22 heavy (non-hydrogen) atoms. The lowest BCUT2D eigenvalue weighted by molar-refractivity contribution is 0.0688. The summed E-state index contributed by atoms with van der Waals surface area (Å²) in [4.78, 5) is 28.3. The fourth-order valence-corrected chi connectivity index (χ4v) is 3.23. The molecule has 2 amide bonds. The van der Waals surface area contributed by atoms with Crippen molar-refractivity contribution in [2.75, 3.05) is 13.1 Å². The van der Waals surface area contributed by atoms with Gasteiger partial charge in [-0.3, -0.25) is 9.59 Å². The Bertz CT molecular complexity index is 704. The van der Waals surface area contributed by atoms with Crippen molar-refractivity contribution in [2.45, 2.75) is 13.1 Å². The maximum Gasteiger partial charge on any atom is 0.254 e. The van der Waals surface area contributed by atoms with E-state index >= 15 is 0 Å². The number of fused-ring (bicyclic) bond motifs is 2. The van der Waals surface area contributed by atoms with Crippen molar-refractivity contribution in [2.24, 2.45) is 0 Å². The normalized spacial score (nSPS) is 16.2. The van der Waals surface area contributed by atoms with E-state index in [9.17, 15) is 9.59 Å². The van der Waals surface area contributed by atoms with Crippen molar-refractivity contribution in [3.05, 3.63) is 70.8 Å². The average molecular weight is 292 g/mol. The standard InChI is InChI=1S/C18H16N2O2/c21-17-15-7-3-1-5-13(15)11-19(17)9-10-20-12-14-6-2-4-8-16(14)18(20)22/h1-8H,9-12H2. The van der Waals surface area contributed by atoms with Crippen LogP contribution >= 0.6 is 0 Å². The molecular formula is C18H16N2O2. The van der Waals surface area contributed by atoms with Gasteiger partial charge in [0.15, 0.2) is 0 Å². The summed E-state index contributed by atoms with van der Waals surface area (Å²) in [5.74, 6) is 0.138. The van der Waals surface area contributed by atoms with E-state index in [2.05, 4.69) is 0 Å². The highest BCUT2D eigenvalue weighted by molar-refractivity contribution is 5.99. The van der Waals surface area contributed by atoms with Gasteiger partial charge < -0.3 is 9.80 Å². The molecule has 2 aromatic carbocycles. The van der Waals surface area contributed by atoms with Gasteiger partial charge in [-0.15, -0.1) is 0 Å². The molecule has 4 nitrogen and oxygen atoms in total. The summed E-state index contributed by atoms with van der Waals surface area (Å²) in [5.41, 5.74) is 3.73. The monoisotopic (exact) mass is 292 g/mol. The second-order valence-electron chi connectivity index (χ2n) is 5.77. The van der Waals surface area contributed by atoms with Crippen molar-refractivity contribution in [1.29, 1.82) is 0 Å². The number of hydrogen-bond acceptors (Lipinski definition) is 2. The predicted octanol–water partition coefficient (Wildman–Crippen LogP) is 2.30. The van der Waals surface area contributed by atoms with Crippen molar-refractivity contribution < 1.29 is 9.59 Å². The number of nitrogens with zero attached hydrogens (tertiary/aromatic N) is 2. The summed E-state index contributed by atoms with van der Waals surface area (Å²) >= 11 is 0. The zero-order chi connectivity index (χ0) is 15.1. The highest BCUT2D eigenvalue weighted by Gasteiger charge is 2.30. The van der Waals surface area contributed by atoms with Gasteiger partial charge in [0, 0.05) is 37.3 Å². The molecule has 2 heterocycles. The van der Waals surface area contributed by atoms with E-state index < -0.39 is 0 Å². The van der Waals surface area contributed by atoms with Crippen LogP contribution in [-0.2, 0) is 13.1 Å². The summed E-state index contributed by atoms with van der Waals surface area (Å²) in [7, 11) is 0. The Labute approximate surface area is 129 Å². The zero-order valence-corrected chi connectivity index (χ0v) is 12.2. The van der Waals surface area contributed by atoms with Gasteiger partial charge in [0.05, 0.1) is 0 Å². The van der Waals surface area contributed by atoms with Gasteiger partial charge in [-0.1, -0.05) is 36.4 Å². The van der Waals surface area contributed by atoms with Crippen LogP contribution in [0.15, 0.2) is 48.5 Å². The molecule has 2 aliphatic rings. The molecule has 0 saturated carbocycles. The smallest absolute Gasteiger partial charge is 0.254 e. The second kappa shape index (κ2) is 4.98. The van der Waals surface area contributed by atoms with E-state index in [0.717, 1.165) is 22.3 Å². The first-order chi connectivity index (χ1) is 10.7. The molecule has 4 rings (SSSR count). The molecule has 110 valence electrons. The summed E-state index contributed by atoms with van der Waals surface area (Å²) in [6.07, 6.45) is 0. The van der Waals surface area contributed by atoms with Crippen molar-refractivity contribution >= 4 is 11.8 Å². The summed E-state index contributed by atoms with van der Waals surface area (Å²) in [6.45, 7) is 2.44. The lowest BCUT2D eigenvalue weighted by atomic mass is 10.1. The van der Waals surface area contributed by atoms with E-state index in [1.165, 1.54) is 0 Å². The highest BCUT2D eigenvalue weighted by Crippen LogP contribution is 2.24. The van der Waals surface area contributed by atoms with E-state index in [1.54, 1.807) is 0 Å². The maximum absolute atomic E-state index is 12.3. The molecule has 0 N–H and O–H groups in total. The molecule has 0 fully saturated rings. The molecule has 0 spiro atoms. The SMILES string of the molecule is O=C1c2ccccc2CN1CCN1Cc2ccccc2C1=O. The van der Waals surface area contributed by atoms with Gasteiger partial charge in [-0.2, -0.15) is 0 Å². The minimum atomic E-state index is 0.0692. The van der Waals surface area contributed by atoms with Gasteiger partial charge in [-0.05, 0) is 23.3 Å². The van der Waals surface area contributed by atoms with E-state index in [4.69, 9.17) is 0 Å². The molecule has 4 heteroatoms. The first-order valence-corrected chi connectivity index (χ1v) is 7.48. The van der Waals surface area contributed by atoms with E-state index in [0.29, 0.717) is 26.2 Å². The molecular weight excluding hydrogens is 276 g/mol. The van der Waals surface area contributed by atoms with Gasteiger partial charge in [0.1, 0.15) is 0 Å². The first-order valence-electron chi connectivity index (χ1n) is 7.48. The number of benzene rings is 2. The first kappa shape index (κ1) is 13.1. The van der Waals surface area contributed by atoms with Crippen molar-refractivity contribution in [3.8, 4) is 0 Å². The van der Waals surface area contributed by atoms with Crippen LogP contribution in [0.1, 0.15) is 31.8 Å². The molecule has 2 aromatic rings. The number of amides is 2. The second-order valence-corrected chi connectivity index (χ2v) is 5.77. The molecule has 0 unspecified atom stereocenters. The van der Waals surface area contributed by atoms with E-state index in [1.807, 2.05) is 58.3 Å². The van der Waals surface area contributed by atoms with Crippen LogP contribution < -0.4 is 0 Å². The highest BCUT2D eigenvalue weighted by atomic mass is 16.2. The van der Waals surface area contributed by atoms with Gasteiger partial charge in [0.25, 0.3) is 11.8 Å². The Balaban J connectivity index is 1.43. The van der Waals surface area contributed by atoms with Crippen LogP contribution in [0.2, 0.25) is 0 Å². The number of carbonyl (C=O) groups is 2. The maximum atomic E-state index is 12.3. The Morgan fingerprint density at radius 3 is 1.50 bits per heavy atom. The van der Waals surface area contributed by atoms with Gasteiger partial charge in [0.2, 0.25) is 0 Å². The minimum absolute atomic E-state index is 0.0692. The molecule has 0 saturated heterocycles.